The molecule has 17 heavy (non-hydrogen) atoms. The van der Waals surface area contributed by atoms with Gasteiger partial charge in [0.15, 0.2) is 5.03 Å². The summed E-state index contributed by atoms with van der Waals surface area (Å²) in [6.07, 6.45) is 7.54. The van der Waals surface area contributed by atoms with E-state index in [2.05, 4.69) is 28.5 Å². The molecule has 0 amide bonds. The lowest BCUT2D eigenvalue weighted by Crippen LogP contribution is -2.34. The highest BCUT2D eigenvalue weighted by atomic mass is 32.2. The Morgan fingerprint density at radius 1 is 1.35 bits per heavy atom. The van der Waals surface area contributed by atoms with Crippen LogP contribution in [0.15, 0.2) is 17.6 Å². The van der Waals surface area contributed by atoms with Gasteiger partial charge in [-0.15, -0.1) is 0 Å². The van der Waals surface area contributed by atoms with Crippen LogP contribution in [-0.2, 0) is 10.0 Å². The predicted octanol–water partition coefficient (Wildman–Crippen LogP) is 2.05. The van der Waals surface area contributed by atoms with Gasteiger partial charge < -0.3 is 4.98 Å². The highest BCUT2D eigenvalue weighted by Crippen LogP contribution is 2.11. The van der Waals surface area contributed by atoms with Crippen LogP contribution in [0, 0.1) is 0 Å². The molecule has 0 saturated heterocycles. The molecular formula is C11H21N3O2S. The van der Waals surface area contributed by atoms with E-state index in [9.17, 15) is 8.42 Å². The van der Waals surface area contributed by atoms with Crippen LogP contribution in [0.25, 0.3) is 0 Å². The molecule has 2 N–H and O–H groups in total. The first-order chi connectivity index (χ1) is 8.10. The van der Waals surface area contributed by atoms with Gasteiger partial charge in [-0.1, -0.05) is 33.1 Å². The third-order valence-electron chi connectivity index (χ3n) is 2.63. The van der Waals surface area contributed by atoms with Crippen molar-refractivity contribution in [1.29, 1.82) is 0 Å². The Morgan fingerprint density at radius 2 is 2.12 bits per heavy atom. The number of imidazole rings is 1. The minimum atomic E-state index is -3.44. The van der Waals surface area contributed by atoms with Crippen LogP contribution in [0.3, 0.4) is 0 Å². The second kappa shape index (κ2) is 6.76. The summed E-state index contributed by atoms with van der Waals surface area (Å²) in [4.78, 5) is 6.35. The summed E-state index contributed by atoms with van der Waals surface area (Å²) >= 11 is 0. The smallest absolute Gasteiger partial charge is 0.257 e. The summed E-state index contributed by atoms with van der Waals surface area (Å²) in [5.41, 5.74) is 0. The van der Waals surface area contributed by atoms with Crippen molar-refractivity contribution < 1.29 is 8.42 Å². The van der Waals surface area contributed by atoms with Crippen molar-refractivity contribution in [2.24, 2.45) is 0 Å². The molecule has 0 fully saturated rings. The molecule has 98 valence electrons. The molecule has 0 saturated carbocycles. The molecule has 0 spiro atoms. The molecule has 1 aromatic heterocycles. The maximum Gasteiger partial charge on any atom is 0.257 e. The van der Waals surface area contributed by atoms with E-state index in [0.29, 0.717) is 0 Å². The van der Waals surface area contributed by atoms with Gasteiger partial charge in [-0.25, -0.2) is 18.1 Å². The fraction of sp³-hybridized carbons (Fsp3) is 0.727. The van der Waals surface area contributed by atoms with Crippen molar-refractivity contribution in [2.45, 2.75) is 57.0 Å². The van der Waals surface area contributed by atoms with Crippen LogP contribution in [0.5, 0.6) is 0 Å². The Hall–Kier alpha value is -0.880. The maximum absolute atomic E-state index is 12.0. The number of hydrogen-bond donors (Lipinski definition) is 2. The van der Waals surface area contributed by atoms with Gasteiger partial charge in [0.2, 0.25) is 0 Å². The minimum absolute atomic E-state index is 0.0215. The van der Waals surface area contributed by atoms with Crippen LogP contribution in [0.1, 0.15) is 46.0 Å². The average Bonchev–Trinajstić information content (AvgIpc) is 2.80. The van der Waals surface area contributed by atoms with Crippen LogP contribution < -0.4 is 4.72 Å². The number of H-pyrrole nitrogens is 1. The molecule has 1 unspecified atom stereocenters. The Morgan fingerprint density at radius 3 is 2.65 bits per heavy atom. The maximum atomic E-state index is 12.0. The SMILES string of the molecule is CCCCC(CCC)NS(=O)(=O)c1cnc[nH]1. The van der Waals surface area contributed by atoms with E-state index in [1.54, 1.807) is 0 Å². The summed E-state index contributed by atoms with van der Waals surface area (Å²) in [7, 11) is -3.44. The molecule has 0 bridgehead atoms. The molecule has 6 heteroatoms. The Kier molecular flexibility index (Phi) is 5.64. The van der Waals surface area contributed by atoms with E-state index in [1.165, 1.54) is 12.5 Å². The van der Waals surface area contributed by atoms with E-state index in [-0.39, 0.29) is 11.1 Å². The summed E-state index contributed by atoms with van der Waals surface area (Å²) in [5, 5.41) is 0.134. The highest BCUT2D eigenvalue weighted by molar-refractivity contribution is 7.89. The molecule has 1 rings (SSSR count). The first kappa shape index (κ1) is 14.2. The van der Waals surface area contributed by atoms with Crippen LogP contribution >= 0.6 is 0 Å². The number of sulfonamides is 1. The predicted molar refractivity (Wildman–Crippen MR) is 67.1 cm³/mol. The first-order valence-electron chi connectivity index (χ1n) is 6.10. The van der Waals surface area contributed by atoms with E-state index in [4.69, 9.17) is 0 Å². The third kappa shape index (κ3) is 4.47. The van der Waals surface area contributed by atoms with Crippen molar-refractivity contribution in [1.82, 2.24) is 14.7 Å². The molecule has 0 radical (unpaired) electrons. The molecule has 1 aromatic rings. The van der Waals surface area contributed by atoms with Gasteiger partial charge in [0, 0.05) is 6.04 Å². The quantitative estimate of drug-likeness (QED) is 0.750. The lowest BCUT2D eigenvalue weighted by Gasteiger charge is -2.17. The summed E-state index contributed by atoms with van der Waals surface area (Å²) in [6.45, 7) is 4.16. The van der Waals surface area contributed by atoms with Crippen molar-refractivity contribution >= 4 is 10.0 Å². The number of aromatic nitrogens is 2. The van der Waals surface area contributed by atoms with Crippen LogP contribution in [0.4, 0.5) is 0 Å². The standard InChI is InChI=1S/C11H21N3O2S/c1-3-5-7-10(6-4-2)14-17(15,16)11-8-12-9-13-11/h8-10,14H,3-7H2,1-2H3,(H,12,13). The number of aromatic amines is 1. The molecule has 1 heterocycles. The van der Waals surface area contributed by atoms with Gasteiger partial charge in [0.25, 0.3) is 10.0 Å². The number of hydrogen-bond acceptors (Lipinski definition) is 3. The second-order valence-corrected chi connectivity index (χ2v) is 5.85. The van der Waals surface area contributed by atoms with Gasteiger partial charge in [-0.05, 0) is 12.8 Å². The normalized spacial score (nSPS) is 13.8. The Balaban J connectivity index is 2.65. The number of nitrogens with zero attached hydrogens (tertiary/aromatic N) is 1. The topological polar surface area (TPSA) is 74.8 Å². The van der Waals surface area contributed by atoms with Crippen molar-refractivity contribution in [3.63, 3.8) is 0 Å². The summed E-state index contributed by atoms with van der Waals surface area (Å²) in [5.74, 6) is 0. The zero-order valence-electron chi connectivity index (χ0n) is 10.4. The largest absolute Gasteiger partial charge is 0.335 e. The minimum Gasteiger partial charge on any atom is -0.335 e. The van der Waals surface area contributed by atoms with Gasteiger partial charge in [-0.2, -0.15) is 0 Å². The van der Waals surface area contributed by atoms with E-state index in [0.717, 1.165) is 32.1 Å². The van der Waals surface area contributed by atoms with E-state index in [1.807, 2.05) is 0 Å². The average molecular weight is 259 g/mol. The monoisotopic (exact) mass is 259 g/mol. The van der Waals surface area contributed by atoms with Crippen LogP contribution in [-0.4, -0.2) is 24.4 Å². The molecule has 1 atom stereocenters. The van der Waals surface area contributed by atoms with Gasteiger partial charge >= 0.3 is 0 Å². The lowest BCUT2D eigenvalue weighted by molar-refractivity contribution is 0.482. The van der Waals surface area contributed by atoms with E-state index >= 15 is 0 Å². The zero-order chi connectivity index (χ0) is 12.7. The fourth-order valence-electron chi connectivity index (χ4n) is 1.73. The van der Waals surface area contributed by atoms with Gasteiger partial charge in [0.1, 0.15) is 0 Å². The Labute approximate surface area is 103 Å². The summed E-state index contributed by atoms with van der Waals surface area (Å²) in [6, 6.07) is 0.0215. The van der Waals surface area contributed by atoms with Crippen molar-refractivity contribution in [3.05, 3.63) is 12.5 Å². The lowest BCUT2D eigenvalue weighted by atomic mass is 10.1. The number of nitrogens with one attached hydrogen (secondary N) is 2. The van der Waals surface area contributed by atoms with Gasteiger partial charge in [0.05, 0.1) is 12.5 Å². The molecule has 0 aliphatic rings. The van der Waals surface area contributed by atoms with Gasteiger partial charge in [-0.3, -0.25) is 0 Å². The van der Waals surface area contributed by atoms with Crippen molar-refractivity contribution in [2.75, 3.05) is 0 Å². The van der Waals surface area contributed by atoms with Crippen LogP contribution in [0.2, 0.25) is 0 Å². The fourth-order valence-corrected chi connectivity index (χ4v) is 2.94. The second-order valence-electron chi connectivity index (χ2n) is 4.16. The number of rotatable bonds is 8. The van der Waals surface area contributed by atoms with Crippen molar-refractivity contribution in [3.8, 4) is 0 Å². The highest BCUT2D eigenvalue weighted by Gasteiger charge is 2.20. The molecule has 0 aliphatic heterocycles. The zero-order valence-corrected chi connectivity index (χ0v) is 11.3. The third-order valence-corrected chi connectivity index (χ3v) is 4.07. The molecule has 0 aliphatic carbocycles. The number of unbranched alkanes of at least 4 members (excludes halogenated alkanes) is 1. The molecule has 5 nitrogen and oxygen atoms in total. The Bertz CT molecular complexity index is 400. The summed E-state index contributed by atoms with van der Waals surface area (Å²) < 4.78 is 26.7. The first-order valence-corrected chi connectivity index (χ1v) is 7.59. The molecule has 0 aromatic carbocycles. The molecular weight excluding hydrogens is 238 g/mol. The van der Waals surface area contributed by atoms with E-state index < -0.39 is 10.0 Å².